The number of nitrogen functional groups attached to an aromatic ring is 1. The van der Waals surface area contributed by atoms with Gasteiger partial charge < -0.3 is 16.0 Å². The standard InChI is InChI=1S/C17H26N4OS/c1-3-4-5-6-8-19-14-11-16-15(10-12(14)18)21-17(22)13(20-16)7-9-23-2/h10-11,19H,3-9,18H2,1-2H3,(H,21,22). The molecular formula is C17H26N4OS. The van der Waals surface area contributed by atoms with Gasteiger partial charge in [-0.1, -0.05) is 26.2 Å². The summed E-state index contributed by atoms with van der Waals surface area (Å²) in [6.45, 7) is 3.11. The first-order valence-electron chi connectivity index (χ1n) is 8.21. The molecule has 1 heterocycles. The lowest BCUT2D eigenvalue weighted by Gasteiger charge is -2.11. The molecule has 0 fully saturated rings. The second-order valence-electron chi connectivity index (χ2n) is 5.70. The maximum absolute atomic E-state index is 12.0. The van der Waals surface area contributed by atoms with Crippen molar-refractivity contribution in [2.24, 2.45) is 0 Å². The van der Waals surface area contributed by atoms with Crippen LogP contribution in [-0.4, -0.2) is 28.5 Å². The van der Waals surface area contributed by atoms with E-state index in [4.69, 9.17) is 5.73 Å². The molecule has 0 saturated carbocycles. The number of thioether (sulfide) groups is 1. The van der Waals surface area contributed by atoms with Gasteiger partial charge in [0.15, 0.2) is 0 Å². The number of H-pyrrole nitrogens is 1. The maximum Gasteiger partial charge on any atom is 0.270 e. The topological polar surface area (TPSA) is 83.8 Å². The van der Waals surface area contributed by atoms with Crippen LogP contribution in [0.4, 0.5) is 11.4 Å². The summed E-state index contributed by atoms with van der Waals surface area (Å²) >= 11 is 1.71. The molecular weight excluding hydrogens is 308 g/mol. The normalized spacial score (nSPS) is 11.0. The largest absolute Gasteiger partial charge is 0.397 e. The molecule has 0 aliphatic rings. The summed E-state index contributed by atoms with van der Waals surface area (Å²) in [4.78, 5) is 19.4. The molecule has 0 saturated heterocycles. The molecule has 0 bridgehead atoms. The van der Waals surface area contributed by atoms with Crippen molar-refractivity contribution >= 4 is 34.2 Å². The average Bonchev–Trinajstić information content (AvgIpc) is 2.53. The summed E-state index contributed by atoms with van der Waals surface area (Å²) < 4.78 is 0. The van der Waals surface area contributed by atoms with Gasteiger partial charge in [-0.25, -0.2) is 4.98 Å². The first-order chi connectivity index (χ1) is 11.2. The van der Waals surface area contributed by atoms with Crippen molar-refractivity contribution in [1.29, 1.82) is 0 Å². The fraction of sp³-hybridized carbons (Fsp3) is 0.529. The van der Waals surface area contributed by atoms with Gasteiger partial charge in [0.2, 0.25) is 0 Å². The number of unbranched alkanes of at least 4 members (excludes halogenated alkanes) is 3. The van der Waals surface area contributed by atoms with Crippen LogP contribution in [0, 0.1) is 0 Å². The van der Waals surface area contributed by atoms with Gasteiger partial charge in [0.1, 0.15) is 5.69 Å². The van der Waals surface area contributed by atoms with Crippen LogP contribution in [-0.2, 0) is 6.42 Å². The van der Waals surface area contributed by atoms with E-state index in [9.17, 15) is 4.79 Å². The monoisotopic (exact) mass is 334 g/mol. The van der Waals surface area contributed by atoms with Crippen LogP contribution in [0.1, 0.15) is 38.3 Å². The van der Waals surface area contributed by atoms with E-state index in [1.165, 1.54) is 19.3 Å². The van der Waals surface area contributed by atoms with E-state index in [-0.39, 0.29) is 5.56 Å². The Balaban J connectivity index is 2.17. The fourth-order valence-electron chi connectivity index (χ4n) is 2.48. The molecule has 4 N–H and O–H groups in total. The Bertz CT molecular complexity index is 699. The Labute approximate surface area is 141 Å². The molecule has 1 aromatic heterocycles. The third-order valence-electron chi connectivity index (χ3n) is 3.82. The zero-order valence-corrected chi connectivity index (χ0v) is 14.8. The Hall–Kier alpha value is -1.69. The highest BCUT2D eigenvalue weighted by Crippen LogP contribution is 2.23. The van der Waals surface area contributed by atoms with Crippen LogP contribution in [0.15, 0.2) is 16.9 Å². The smallest absolute Gasteiger partial charge is 0.270 e. The molecule has 0 amide bonds. The van der Waals surface area contributed by atoms with Crippen LogP contribution < -0.4 is 16.6 Å². The molecule has 2 aromatic rings. The fourth-order valence-corrected chi connectivity index (χ4v) is 2.88. The van der Waals surface area contributed by atoms with Crippen LogP contribution in [0.2, 0.25) is 0 Å². The predicted octanol–water partition coefficient (Wildman–Crippen LogP) is 3.40. The van der Waals surface area contributed by atoms with E-state index in [0.717, 1.165) is 29.9 Å². The molecule has 126 valence electrons. The number of benzene rings is 1. The van der Waals surface area contributed by atoms with E-state index < -0.39 is 0 Å². The van der Waals surface area contributed by atoms with Gasteiger partial charge in [-0.05, 0) is 30.6 Å². The first-order valence-corrected chi connectivity index (χ1v) is 9.60. The third-order valence-corrected chi connectivity index (χ3v) is 4.43. The maximum atomic E-state index is 12.0. The second-order valence-corrected chi connectivity index (χ2v) is 6.69. The number of rotatable bonds is 9. The molecule has 5 nitrogen and oxygen atoms in total. The molecule has 0 aliphatic carbocycles. The van der Waals surface area contributed by atoms with Crippen molar-refractivity contribution in [3.05, 3.63) is 28.2 Å². The van der Waals surface area contributed by atoms with Crippen LogP contribution in [0.3, 0.4) is 0 Å². The summed E-state index contributed by atoms with van der Waals surface area (Å²) in [5.41, 5.74) is 9.56. The number of nitrogens with one attached hydrogen (secondary N) is 2. The van der Waals surface area contributed by atoms with Gasteiger partial charge in [-0.2, -0.15) is 11.8 Å². The van der Waals surface area contributed by atoms with Gasteiger partial charge in [0, 0.05) is 13.0 Å². The van der Waals surface area contributed by atoms with Crippen molar-refractivity contribution < 1.29 is 0 Å². The Morgan fingerprint density at radius 1 is 1.30 bits per heavy atom. The van der Waals surface area contributed by atoms with E-state index in [1.807, 2.05) is 12.3 Å². The zero-order valence-electron chi connectivity index (χ0n) is 13.9. The summed E-state index contributed by atoms with van der Waals surface area (Å²) in [5, 5.41) is 3.38. The van der Waals surface area contributed by atoms with Gasteiger partial charge in [0.25, 0.3) is 5.56 Å². The minimum absolute atomic E-state index is 0.119. The number of aromatic amines is 1. The summed E-state index contributed by atoms with van der Waals surface area (Å²) in [7, 11) is 0. The van der Waals surface area contributed by atoms with Crippen LogP contribution in [0.5, 0.6) is 0 Å². The Morgan fingerprint density at radius 2 is 2.13 bits per heavy atom. The lowest BCUT2D eigenvalue weighted by atomic mass is 10.2. The van der Waals surface area contributed by atoms with E-state index in [2.05, 4.69) is 22.2 Å². The molecule has 0 radical (unpaired) electrons. The minimum Gasteiger partial charge on any atom is -0.397 e. The lowest BCUT2D eigenvalue weighted by Crippen LogP contribution is -2.16. The predicted molar refractivity (Wildman–Crippen MR) is 101 cm³/mol. The molecule has 2 rings (SSSR count). The second kappa shape index (κ2) is 8.82. The van der Waals surface area contributed by atoms with Crippen LogP contribution >= 0.6 is 11.8 Å². The van der Waals surface area contributed by atoms with Crippen LogP contribution in [0.25, 0.3) is 11.0 Å². The molecule has 0 aliphatic heterocycles. The molecule has 23 heavy (non-hydrogen) atoms. The highest BCUT2D eigenvalue weighted by Gasteiger charge is 2.08. The van der Waals surface area contributed by atoms with Crippen molar-refractivity contribution in [2.45, 2.75) is 39.0 Å². The highest BCUT2D eigenvalue weighted by atomic mass is 32.2. The SMILES string of the molecule is CCCCCCNc1cc2nc(CCSC)c(=O)[nH]c2cc1N. The molecule has 1 aromatic carbocycles. The number of aryl methyl sites for hydroxylation is 1. The van der Waals surface area contributed by atoms with E-state index in [1.54, 1.807) is 17.8 Å². The lowest BCUT2D eigenvalue weighted by molar-refractivity contribution is 0.685. The number of nitrogens with zero attached hydrogens (tertiary/aromatic N) is 1. The van der Waals surface area contributed by atoms with Crippen molar-refractivity contribution in [1.82, 2.24) is 9.97 Å². The number of fused-ring (bicyclic) bond motifs is 1. The zero-order chi connectivity index (χ0) is 16.7. The van der Waals surface area contributed by atoms with Gasteiger partial charge in [0.05, 0.1) is 22.4 Å². The quantitative estimate of drug-likeness (QED) is 0.483. The first kappa shape index (κ1) is 17.7. The third kappa shape index (κ3) is 4.89. The number of nitrogens with two attached hydrogens (primary N) is 1. The van der Waals surface area contributed by atoms with Crippen molar-refractivity contribution in [3.63, 3.8) is 0 Å². The minimum atomic E-state index is -0.119. The van der Waals surface area contributed by atoms with Crippen molar-refractivity contribution in [3.8, 4) is 0 Å². The number of aromatic nitrogens is 2. The van der Waals surface area contributed by atoms with Gasteiger partial charge in [-0.15, -0.1) is 0 Å². The molecule has 0 atom stereocenters. The molecule has 6 heteroatoms. The van der Waals surface area contributed by atoms with E-state index in [0.29, 0.717) is 23.3 Å². The molecule has 0 unspecified atom stereocenters. The Morgan fingerprint density at radius 3 is 2.87 bits per heavy atom. The number of hydrogen-bond acceptors (Lipinski definition) is 5. The highest BCUT2D eigenvalue weighted by molar-refractivity contribution is 7.98. The van der Waals surface area contributed by atoms with Crippen molar-refractivity contribution in [2.75, 3.05) is 29.6 Å². The van der Waals surface area contributed by atoms with E-state index >= 15 is 0 Å². The Kier molecular flexibility index (Phi) is 6.77. The number of hydrogen-bond donors (Lipinski definition) is 3. The van der Waals surface area contributed by atoms with Gasteiger partial charge >= 0.3 is 0 Å². The molecule has 0 spiro atoms. The number of anilines is 2. The van der Waals surface area contributed by atoms with Gasteiger partial charge in [-0.3, -0.25) is 4.79 Å². The average molecular weight is 334 g/mol. The summed E-state index contributed by atoms with van der Waals surface area (Å²) in [5.74, 6) is 0.888. The summed E-state index contributed by atoms with van der Waals surface area (Å²) in [6, 6.07) is 3.72. The summed E-state index contributed by atoms with van der Waals surface area (Å²) in [6.07, 6.45) is 7.54.